The largest absolute Gasteiger partial charge is 0.468 e. The molecule has 0 amide bonds. The minimum atomic E-state index is -3.26. The Bertz CT molecular complexity index is 631. The number of carbonyl (C=O) groups is 2. The van der Waals surface area contributed by atoms with Crippen LogP contribution in [0.25, 0.3) is 0 Å². The summed E-state index contributed by atoms with van der Waals surface area (Å²) in [5.74, 6) is -1.50. The smallest absolute Gasteiger partial charge is 0.316 e. The van der Waals surface area contributed by atoms with Crippen LogP contribution in [0.2, 0.25) is 0 Å². The first-order valence-corrected chi connectivity index (χ1v) is 9.58. The molecule has 128 valence electrons. The lowest BCUT2D eigenvalue weighted by atomic mass is 9.92. The molecule has 1 unspecified atom stereocenters. The minimum absolute atomic E-state index is 0.127. The number of ketones is 1. The number of ether oxygens (including phenoxy) is 1. The van der Waals surface area contributed by atoms with Crippen molar-refractivity contribution in [2.75, 3.05) is 13.4 Å². The summed E-state index contributed by atoms with van der Waals surface area (Å²) in [7, 11) is -1.99. The zero-order valence-electron chi connectivity index (χ0n) is 13.9. The van der Waals surface area contributed by atoms with Crippen LogP contribution >= 0.6 is 0 Å². The first kappa shape index (κ1) is 19.4. The average molecular weight is 340 g/mol. The lowest BCUT2D eigenvalue weighted by Crippen LogP contribution is -2.27. The van der Waals surface area contributed by atoms with Gasteiger partial charge in [-0.05, 0) is 30.5 Å². The molecule has 0 aromatic heterocycles. The maximum absolute atomic E-state index is 12.3. The van der Waals surface area contributed by atoms with Crippen LogP contribution < -0.4 is 0 Å². The van der Waals surface area contributed by atoms with Gasteiger partial charge in [0.2, 0.25) is 0 Å². The van der Waals surface area contributed by atoms with Crippen molar-refractivity contribution in [2.45, 2.75) is 43.9 Å². The molecule has 1 atom stereocenters. The van der Waals surface area contributed by atoms with E-state index >= 15 is 0 Å². The van der Waals surface area contributed by atoms with E-state index in [1.807, 2.05) is 6.92 Å². The number of carbonyl (C=O) groups excluding carboxylic acids is 2. The van der Waals surface area contributed by atoms with E-state index in [1.165, 1.54) is 19.2 Å². The van der Waals surface area contributed by atoms with Gasteiger partial charge in [0.1, 0.15) is 11.7 Å². The molecule has 0 N–H and O–H groups in total. The Labute approximate surface area is 138 Å². The summed E-state index contributed by atoms with van der Waals surface area (Å²) in [6.07, 6.45) is 4.43. The highest BCUT2D eigenvalue weighted by molar-refractivity contribution is 7.90. The summed E-state index contributed by atoms with van der Waals surface area (Å²) in [5.41, 5.74) is 0.733. The SMILES string of the molecule is CCCCCC(=O)C(Cc1ccc(S(C)(=O)=O)cc1)C(=O)OC. The molecule has 0 aliphatic heterocycles. The summed E-state index contributed by atoms with van der Waals surface area (Å²) in [5, 5.41) is 0. The predicted octanol–water partition coefficient (Wildman–Crippen LogP) is 2.57. The van der Waals surface area contributed by atoms with Gasteiger partial charge in [0, 0.05) is 12.7 Å². The molecule has 6 heteroatoms. The van der Waals surface area contributed by atoms with Crippen LogP contribution in [0.3, 0.4) is 0 Å². The standard InChI is InChI=1S/C17H24O5S/c1-4-5-6-7-16(18)15(17(19)22-2)12-13-8-10-14(11-9-13)23(3,20)21/h8-11,15H,4-7,12H2,1-3H3. The molecule has 0 fully saturated rings. The van der Waals surface area contributed by atoms with Gasteiger partial charge in [0.25, 0.3) is 0 Å². The van der Waals surface area contributed by atoms with Gasteiger partial charge in [-0.25, -0.2) is 8.42 Å². The number of Topliss-reactive ketones (excluding diaryl/α,β-unsaturated/α-hetero) is 1. The topological polar surface area (TPSA) is 77.5 Å². The van der Waals surface area contributed by atoms with Crippen molar-refractivity contribution in [2.24, 2.45) is 5.92 Å². The fraction of sp³-hybridized carbons (Fsp3) is 0.529. The summed E-state index contributed by atoms with van der Waals surface area (Å²) < 4.78 is 27.6. The Morgan fingerprint density at radius 2 is 1.74 bits per heavy atom. The minimum Gasteiger partial charge on any atom is -0.468 e. The van der Waals surface area contributed by atoms with Crippen LogP contribution in [0, 0.1) is 5.92 Å². The van der Waals surface area contributed by atoms with Crippen molar-refractivity contribution in [1.82, 2.24) is 0 Å². The molecule has 0 heterocycles. The van der Waals surface area contributed by atoms with E-state index in [0.29, 0.717) is 6.42 Å². The van der Waals surface area contributed by atoms with Gasteiger partial charge in [-0.3, -0.25) is 9.59 Å². The van der Waals surface area contributed by atoms with Gasteiger partial charge in [0.05, 0.1) is 12.0 Å². The van der Waals surface area contributed by atoms with Gasteiger partial charge in [-0.1, -0.05) is 31.9 Å². The molecule has 1 rings (SSSR count). The number of methoxy groups -OCH3 is 1. The molecule has 0 saturated heterocycles. The highest BCUT2D eigenvalue weighted by Crippen LogP contribution is 2.17. The van der Waals surface area contributed by atoms with Gasteiger partial charge in [-0.15, -0.1) is 0 Å². The van der Waals surface area contributed by atoms with Crippen LogP contribution in [0.4, 0.5) is 0 Å². The molecule has 1 aromatic rings. The summed E-state index contributed by atoms with van der Waals surface area (Å²) in [6, 6.07) is 6.23. The van der Waals surface area contributed by atoms with Gasteiger partial charge < -0.3 is 4.74 Å². The third-order valence-corrected chi connectivity index (χ3v) is 4.82. The number of hydrogen-bond donors (Lipinski definition) is 0. The summed E-state index contributed by atoms with van der Waals surface area (Å²) >= 11 is 0. The first-order valence-electron chi connectivity index (χ1n) is 7.69. The van der Waals surface area contributed by atoms with Crippen LogP contribution in [0.15, 0.2) is 29.2 Å². The normalized spacial score (nSPS) is 12.7. The molecular weight excluding hydrogens is 316 g/mol. The second-order valence-electron chi connectivity index (χ2n) is 5.62. The van der Waals surface area contributed by atoms with E-state index < -0.39 is 21.7 Å². The fourth-order valence-corrected chi connectivity index (χ4v) is 2.93. The van der Waals surface area contributed by atoms with Crippen LogP contribution in [0.1, 0.15) is 38.2 Å². The van der Waals surface area contributed by atoms with E-state index in [9.17, 15) is 18.0 Å². The third kappa shape index (κ3) is 6.14. The molecule has 0 aliphatic rings. The molecule has 1 aromatic carbocycles. The van der Waals surface area contributed by atoms with E-state index in [-0.39, 0.29) is 17.1 Å². The molecule has 0 aliphatic carbocycles. The van der Waals surface area contributed by atoms with Crippen LogP contribution in [-0.4, -0.2) is 33.5 Å². The first-order chi connectivity index (χ1) is 10.8. The third-order valence-electron chi connectivity index (χ3n) is 3.69. The Morgan fingerprint density at radius 1 is 1.13 bits per heavy atom. The van der Waals surface area contributed by atoms with E-state index in [1.54, 1.807) is 12.1 Å². The molecule has 5 nitrogen and oxygen atoms in total. The molecule has 0 radical (unpaired) electrons. The number of benzene rings is 1. The van der Waals surface area contributed by atoms with Gasteiger partial charge in [0.15, 0.2) is 9.84 Å². The van der Waals surface area contributed by atoms with Crippen LogP contribution in [-0.2, 0) is 30.6 Å². The molecular formula is C17H24O5S. The number of unbranched alkanes of at least 4 members (excludes halogenated alkanes) is 2. The zero-order valence-corrected chi connectivity index (χ0v) is 14.7. The lowest BCUT2D eigenvalue weighted by molar-refractivity contribution is -0.149. The monoisotopic (exact) mass is 340 g/mol. The molecule has 0 saturated carbocycles. The number of sulfone groups is 1. The van der Waals surface area contributed by atoms with E-state index in [0.717, 1.165) is 31.1 Å². The van der Waals surface area contributed by atoms with Crippen molar-refractivity contribution in [3.8, 4) is 0 Å². The maximum atomic E-state index is 12.3. The van der Waals surface area contributed by atoms with E-state index in [2.05, 4.69) is 0 Å². The second-order valence-corrected chi connectivity index (χ2v) is 7.64. The van der Waals surface area contributed by atoms with E-state index in [4.69, 9.17) is 4.74 Å². The highest BCUT2D eigenvalue weighted by Gasteiger charge is 2.27. The summed E-state index contributed by atoms with van der Waals surface area (Å²) in [4.78, 5) is 24.3. The highest BCUT2D eigenvalue weighted by atomic mass is 32.2. The predicted molar refractivity (Wildman–Crippen MR) is 87.9 cm³/mol. The quantitative estimate of drug-likeness (QED) is 0.392. The van der Waals surface area contributed by atoms with Crippen molar-refractivity contribution < 1.29 is 22.7 Å². The number of hydrogen-bond acceptors (Lipinski definition) is 5. The molecule has 23 heavy (non-hydrogen) atoms. The zero-order chi connectivity index (χ0) is 17.5. The lowest BCUT2D eigenvalue weighted by Gasteiger charge is -2.14. The number of rotatable bonds is 9. The molecule has 0 bridgehead atoms. The Balaban J connectivity index is 2.85. The average Bonchev–Trinajstić information content (AvgIpc) is 2.51. The van der Waals surface area contributed by atoms with Gasteiger partial charge in [-0.2, -0.15) is 0 Å². The molecule has 0 spiro atoms. The fourth-order valence-electron chi connectivity index (χ4n) is 2.30. The van der Waals surface area contributed by atoms with Crippen molar-refractivity contribution in [3.05, 3.63) is 29.8 Å². The van der Waals surface area contributed by atoms with Crippen molar-refractivity contribution in [3.63, 3.8) is 0 Å². The Hall–Kier alpha value is -1.69. The van der Waals surface area contributed by atoms with Crippen LogP contribution in [0.5, 0.6) is 0 Å². The van der Waals surface area contributed by atoms with Gasteiger partial charge >= 0.3 is 5.97 Å². The maximum Gasteiger partial charge on any atom is 0.316 e. The Kier molecular flexibility index (Phi) is 7.42. The Morgan fingerprint density at radius 3 is 2.22 bits per heavy atom. The second kappa shape index (κ2) is 8.82. The number of esters is 1. The van der Waals surface area contributed by atoms with Crippen molar-refractivity contribution >= 4 is 21.6 Å². The summed E-state index contributed by atoms with van der Waals surface area (Å²) in [6.45, 7) is 2.05. The van der Waals surface area contributed by atoms with Crippen molar-refractivity contribution in [1.29, 1.82) is 0 Å².